The minimum Gasteiger partial charge on any atom is -0.377 e. The van der Waals surface area contributed by atoms with Crippen molar-refractivity contribution in [1.29, 1.82) is 0 Å². The number of ether oxygens (including phenoxy) is 1. The van der Waals surface area contributed by atoms with Gasteiger partial charge in [-0.15, -0.1) is 0 Å². The second-order valence-electron chi connectivity index (χ2n) is 6.64. The number of benzene rings is 1. The zero-order chi connectivity index (χ0) is 18.5. The molecule has 0 aliphatic carbocycles. The fourth-order valence-electron chi connectivity index (χ4n) is 3.40. The molecule has 1 saturated heterocycles. The first kappa shape index (κ1) is 18.5. The van der Waals surface area contributed by atoms with Crippen LogP contribution in [0.4, 0.5) is 4.39 Å². The van der Waals surface area contributed by atoms with Gasteiger partial charge in [-0.2, -0.15) is 5.10 Å². The van der Waals surface area contributed by atoms with E-state index in [1.54, 1.807) is 19.2 Å². The van der Waals surface area contributed by atoms with E-state index in [1.165, 1.54) is 12.1 Å². The number of hydrogen-bond acceptors (Lipinski definition) is 5. The summed E-state index contributed by atoms with van der Waals surface area (Å²) in [6, 6.07) is 6.38. The van der Waals surface area contributed by atoms with Gasteiger partial charge in [-0.3, -0.25) is 9.69 Å². The summed E-state index contributed by atoms with van der Waals surface area (Å²) in [6.45, 7) is 2.68. The summed E-state index contributed by atoms with van der Waals surface area (Å²) < 4.78 is 20.2. The van der Waals surface area contributed by atoms with Crippen molar-refractivity contribution >= 4 is 5.91 Å². The molecular formula is C18H24FN5O2. The van der Waals surface area contributed by atoms with Crippen LogP contribution in [0.15, 0.2) is 24.3 Å². The molecule has 1 aliphatic heterocycles. The lowest BCUT2D eigenvalue weighted by Gasteiger charge is -2.31. The third-order valence-electron chi connectivity index (χ3n) is 4.51. The van der Waals surface area contributed by atoms with Crippen molar-refractivity contribution in [3.05, 3.63) is 47.3 Å². The van der Waals surface area contributed by atoms with Crippen molar-refractivity contribution < 1.29 is 13.9 Å². The fourth-order valence-corrected chi connectivity index (χ4v) is 3.40. The predicted molar refractivity (Wildman–Crippen MR) is 93.8 cm³/mol. The zero-order valence-electron chi connectivity index (χ0n) is 14.9. The predicted octanol–water partition coefficient (Wildman–Crippen LogP) is 1.28. The molecule has 1 atom stereocenters. The minimum atomic E-state index is -0.321. The number of rotatable bonds is 7. The standard InChI is InChI=1S/C18H24FN5O2/c1-26-12-17-21-18(14-3-2-8-23(10-14)11-16(20)25)24(22-17)9-13-4-6-15(19)7-5-13/h4-7,14H,2-3,8-12H2,1H3,(H2,20,25). The lowest BCUT2D eigenvalue weighted by Crippen LogP contribution is -2.40. The van der Waals surface area contributed by atoms with Crippen LogP contribution in [0.25, 0.3) is 0 Å². The van der Waals surface area contributed by atoms with Gasteiger partial charge in [0.25, 0.3) is 0 Å². The lowest BCUT2D eigenvalue weighted by atomic mass is 9.97. The first-order valence-electron chi connectivity index (χ1n) is 8.73. The van der Waals surface area contributed by atoms with Gasteiger partial charge >= 0.3 is 0 Å². The van der Waals surface area contributed by atoms with E-state index in [2.05, 4.69) is 15.0 Å². The molecule has 0 saturated carbocycles. The largest absolute Gasteiger partial charge is 0.377 e. The van der Waals surface area contributed by atoms with E-state index >= 15 is 0 Å². The molecule has 0 bridgehead atoms. The highest BCUT2D eigenvalue weighted by atomic mass is 19.1. The van der Waals surface area contributed by atoms with Crippen molar-refractivity contribution in [3.8, 4) is 0 Å². The molecule has 2 aromatic rings. The zero-order valence-corrected chi connectivity index (χ0v) is 14.9. The molecular weight excluding hydrogens is 337 g/mol. The molecule has 0 radical (unpaired) electrons. The van der Waals surface area contributed by atoms with E-state index in [0.717, 1.165) is 37.3 Å². The summed E-state index contributed by atoms with van der Waals surface area (Å²) in [7, 11) is 1.61. The van der Waals surface area contributed by atoms with Crippen molar-refractivity contribution in [2.24, 2.45) is 5.73 Å². The minimum absolute atomic E-state index is 0.168. The number of piperidine rings is 1. The van der Waals surface area contributed by atoms with Crippen LogP contribution in [0.3, 0.4) is 0 Å². The maximum absolute atomic E-state index is 13.2. The number of methoxy groups -OCH3 is 1. The third kappa shape index (κ3) is 4.64. The van der Waals surface area contributed by atoms with Gasteiger partial charge in [0.15, 0.2) is 5.82 Å². The van der Waals surface area contributed by atoms with E-state index in [0.29, 0.717) is 19.0 Å². The topological polar surface area (TPSA) is 86.3 Å². The molecule has 1 amide bonds. The van der Waals surface area contributed by atoms with Gasteiger partial charge in [0, 0.05) is 19.6 Å². The van der Waals surface area contributed by atoms with E-state index in [9.17, 15) is 9.18 Å². The number of carbonyl (C=O) groups is 1. The van der Waals surface area contributed by atoms with Crippen molar-refractivity contribution in [2.45, 2.75) is 31.9 Å². The van der Waals surface area contributed by atoms with Gasteiger partial charge in [0.2, 0.25) is 5.91 Å². The number of nitrogens with zero attached hydrogens (tertiary/aromatic N) is 4. The highest BCUT2D eigenvalue weighted by Gasteiger charge is 2.27. The average Bonchev–Trinajstić information content (AvgIpc) is 2.99. The number of halogens is 1. The Bertz CT molecular complexity index is 747. The number of aromatic nitrogens is 3. The number of primary amides is 1. The molecule has 7 nitrogen and oxygen atoms in total. The summed E-state index contributed by atoms with van der Waals surface area (Å²) in [5.41, 5.74) is 6.28. The quantitative estimate of drug-likeness (QED) is 0.803. The fraction of sp³-hybridized carbons (Fsp3) is 0.500. The van der Waals surface area contributed by atoms with Crippen LogP contribution < -0.4 is 5.73 Å². The average molecular weight is 361 g/mol. The van der Waals surface area contributed by atoms with Crippen LogP contribution in [0, 0.1) is 5.82 Å². The molecule has 3 rings (SSSR count). The normalized spacial score (nSPS) is 18.2. The Morgan fingerprint density at radius 2 is 2.15 bits per heavy atom. The Morgan fingerprint density at radius 1 is 1.38 bits per heavy atom. The van der Waals surface area contributed by atoms with Crippen molar-refractivity contribution in [3.63, 3.8) is 0 Å². The third-order valence-corrected chi connectivity index (χ3v) is 4.51. The van der Waals surface area contributed by atoms with Gasteiger partial charge in [-0.05, 0) is 37.1 Å². The highest BCUT2D eigenvalue weighted by Crippen LogP contribution is 2.26. The molecule has 2 heterocycles. The van der Waals surface area contributed by atoms with Crippen molar-refractivity contribution in [1.82, 2.24) is 19.7 Å². The number of hydrogen-bond donors (Lipinski definition) is 1. The Hall–Kier alpha value is -2.32. The number of nitrogens with two attached hydrogens (primary N) is 1. The van der Waals surface area contributed by atoms with Crippen LogP contribution in [-0.2, 0) is 22.7 Å². The van der Waals surface area contributed by atoms with Gasteiger partial charge in [-0.1, -0.05) is 12.1 Å². The Kier molecular flexibility index (Phi) is 5.95. The molecule has 1 aliphatic rings. The number of carbonyl (C=O) groups excluding carboxylic acids is 1. The molecule has 1 aromatic heterocycles. The van der Waals surface area contributed by atoms with E-state index in [4.69, 9.17) is 10.5 Å². The lowest BCUT2D eigenvalue weighted by molar-refractivity contribution is -0.119. The van der Waals surface area contributed by atoms with Crippen LogP contribution in [0.1, 0.15) is 36.0 Å². The number of likely N-dealkylation sites (tertiary alicyclic amines) is 1. The molecule has 1 unspecified atom stereocenters. The molecule has 8 heteroatoms. The monoisotopic (exact) mass is 361 g/mol. The highest BCUT2D eigenvalue weighted by molar-refractivity contribution is 5.75. The van der Waals surface area contributed by atoms with Gasteiger partial charge in [-0.25, -0.2) is 14.1 Å². The van der Waals surface area contributed by atoms with E-state index < -0.39 is 0 Å². The summed E-state index contributed by atoms with van der Waals surface area (Å²) in [4.78, 5) is 18.0. The Morgan fingerprint density at radius 3 is 2.85 bits per heavy atom. The van der Waals surface area contributed by atoms with E-state index in [1.807, 2.05) is 4.68 Å². The maximum Gasteiger partial charge on any atom is 0.231 e. The molecule has 140 valence electrons. The van der Waals surface area contributed by atoms with Crippen LogP contribution in [0.2, 0.25) is 0 Å². The molecule has 2 N–H and O–H groups in total. The first-order valence-corrected chi connectivity index (χ1v) is 8.73. The van der Waals surface area contributed by atoms with E-state index in [-0.39, 0.29) is 24.2 Å². The molecule has 1 aromatic carbocycles. The second-order valence-corrected chi connectivity index (χ2v) is 6.64. The first-order chi connectivity index (χ1) is 12.5. The maximum atomic E-state index is 13.2. The summed E-state index contributed by atoms with van der Waals surface area (Å²) in [5, 5.41) is 4.56. The van der Waals surface area contributed by atoms with Gasteiger partial charge in [0.1, 0.15) is 18.2 Å². The van der Waals surface area contributed by atoms with Crippen LogP contribution >= 0.6 is 0 Å². The smallest absolute Gasteiger partial charge is 0.231 e. The molecule has 26 heavy (non-hydrogen) atoms. The van der Waals surface area contributed by atoms with Gasteiger partial charge in [0.05, 0.1) is 13.1 Å². The van der Waals surface area contributed by atoms with Crippen molar-refractivity contribution in [2.75, 3.05) is 26.7 Å². The van der Waals surface area contributed by atoms with Crippen LogP contribution in [0.5, 0.6) is 0 Å². The summed E-state index contributed by atoms with van der Waals surface area (Å²) >= 11 is 0. The Balaban J connectivity index is 1.82. The summed E-state index contributed by atoms with van der Waals surface area (Å²) in [6.07, 6.45) is 1.95. The SMILES string of the molecule is COCc1nc(C2CCCN(CC(N)=O)C2)n(Cc2ccc(F)cc2)n1. The summed E-state index contributed by atoms with van der Waals surface area (Å²) in [5.74, 6) is 1.08. The molecule has 0 spiro atoms. The second kappa shape index (κ2) is 8.37. The number of amides is 1. The van der Waals surface area contributed by atoms with Crippen LogP contribution in [-0.4, -0.2) is 52.3 Å². The van der Waals surface area contributed by atoms with Gasteiger partial charge < -0.3 is 10.5 Å². The Labute approximate surface area is 151 Å². The molecule has 1 fully saturated rings.